The summed E-state index contributed by atoms with van der Waals surface area (Å²) in [5, 5.41) is 8.05. The number of hydrogen-bond acceptors (Lipinski definition) is 3. The number of benzene rings is 1. The number of fused-ring (bicyclic) bond motifs is 1. The van der Waals surface area contributed by atoms with E-state index in [1.165, 1.54) is 11.1 Å². The lowest BCUT2D eigenvalue weighted by atomic mass is 9.81. The average Bonchev–Trinajstić information content (AvgIpc) is 2.82. The molecule has 1 aromatic heterocycles. The van der Waals surface area contributed by atoms with Gasteiger partial charge in [-0.15, -0.1) is 0 Å². The van der Waals surface area contributed by atoms with Crippen LogP contribution >= 0.6 is 11.6 Å². The fourth-order valence-electron chi connectivity index (χ4n) is 2.74. The summed E-state index contributed by atoms with van der Waals surface area (Å²) in [5.74, 6) is 1.06. The first-order valence-corrected chi connectivity index (χ1v) is 6.59. The molecule has 0 spiro atoms. The van der Waals surface area contributed by atoms with Crippen LogP contribution in [0.25, 0.3) is 0 Å². The Morgan fingerprint density at radius 1 is 1.39 bits per heavy atom. The van der Waals surface area contributed by atoms with E-state index < -0.39 is 0 Å². The van der Waals surface area contributed by atoms with E-state index >= 15 is 0 Å². The third-order valence-corrected chi connectivity index (χ3v) is 3.91. The van der Waals surface area contributed by atoms with Gasteiger partial charge in [0, 0.05) is 23.6 Å². The predicted octanol–water partition coefficient (Wildman–Crippen LogP) is 3.84. The van der Waals surface area contributed by atoms with Crippen LogP contribution in [-0.4, -0.2) is 12.2 Å². The van der Waals surface area contributed by atoms with Crippen LogP contribution < -0.4 is 5.32 Å². The van der Waals surface area contributed by atoms with Crippen molar-refractivity contribution < 1.29 is 4.52 Å². The fourth-order valence-corrected chi connectivity index (χ4v) is 3.00. The molecule has 0 amide bonds. The molecule has 3 rings (SSSR count). The van der Waals surface area contributed by atoms with Crippen LogP contribution in [0.2, 0.25) is 5.02 Å². The van der Waals surface area contributed by atoms with E-state index in [-0.39, 0.29) is 5.92 Å². The van der Waals surface area contributed by atoms with Gasteiger partial charge in [0.05, 0.1) is 5.69 Å². The smallest absolute Gasteiger partial charge is 0.228 e. The van der Waals surface area contributed by atoms with E-state index in [1.54, 1.807) is 0 Å². The molecule has 1 aromatic carbocycles. The minimum absolute atomic E-state index is 0.288. The van der Waals surface area contributed by atoms with Crippen molar-refractivity contribution in [3.63, 3.8) is 0 Å². The number of aryl methyl sites for hydroxylation is 1. The first-order chi connectivity index (χ1) is 8.81. The number of rotatable bonds is 2. The van der Waals surface area contributed by atoms with Gasteiger partial charge in [0.15, 0.2) is 0 Å². The molecular formula is C14H15ClN2O. The highest BCUT2D eigenvalue weighted by Gasteiger charge is 2.29. The molecule has 18 heavy (non-hydrogen) atoms. The molecule has 0 fully saturated rings. The minimum Gasteiger partial charge on any atom is -0.357 e. The third-order valence-electron chi connectivity index (χ3n) is 3.57. The molecule has 1 atom stereocenters. The maximum Gasteiger partial charge on any atom is 0.228 e. The largest absolute Gasteiger partial charge is 0.357 e. The molecule has 4 heteroatoms. The molecule has 2 aromatic rings. The van der Waals surface area contributed by atoms with Gasteiger partial charge in [-0.25, -0.2) is 0 Å². The van der Waals surface area contributed by atoms with Gasteiger partial charge in [-0.1, -0.05) is 35.0 Å². The summed E-state index contributed by atoms with van der Waals surface area (Å²) >= 11 is 6.32. The number of hydrogen-bond donors (Lipinski definition) is 1. The Morgan fingerprint density at radius 3 is 3.00 bits per heavy atom. The first-order valence-electron chi connectivity index (χ1n) is 6.22. The highest BCUT2D eigenvalue weighted by atomic mass is 35.5. The Bertz CT molecular complexity index is 551. The van der Waals surface area contributed by atoms with Crippen LogP contribution in [0.3, 0.4) is 0 Å². The second-order valence-electron chi connectivity index (χ2n) is 4.59. The number of aromatic nitrogens is 1. The van der Waals surface area contributed by atoms with E-state index in [0.717, 1.165) is 35.9 Å². The molecule has 94 valence electrons. The number of nitrogens with one attached hydrogen (secondary N) is 1. The zero-order chi connectivity index (χ0) is 12.5. The average molecular weight is 263 g/mol. The van der Waals surface area contributed by atoms with Crippen molar-refractivity contribution in [2.75, 3.05) is 12.4 Å². The quantitative estimate of drug-likeness (QED) is 0.894. The zero-order valence-corrected chi connectivity index (χ0v) is 11.0. The van der Waals surface area contributed by atoms with Crippen LogP contribution in [0.4, 0.5) is 5.88 Å². The Balaban J connectivity index is 2.11. The monoisotopic (exact) mass is 262 g/mol. The second kappa shape index (κ2) is 4.65. The lowest BCUT2D eigenvalue weighted by Crippen LogP contribution is -2.11. The molecule has 0 bridgehead atoms. The highest BCUT2D eigenvalue weighted by molar-refractivity contribution is 6.31. The summed E-state index contributed by atoms with van der Waals surface area (Å²) in [7, 11) is 1.86. The Kier molecular flexibility index (Phi) is 3.00. The van der Waals surface area contributed by atoms with Gasteiger partial charge < -0.3 is 9.84 Å². The molecule has 0 radical (unpaired) electrons. The van der Waals surface area contributed by atoms with Crippen LogP contribution in [0.5, 0.6) is 0 Å². The maximum atomic E-state index is 6.32. The standard InChI is InChI=1S/C14H15ClN2O/c1-16-14-13-10(6-4-8-12(13)17-18-14)9-5-2-3-7-11(9)15/h2-3,5,7,10,16H,4,6,8H2,1H3. The van der Waals surface area contributed by atoms with Crippen molar-refractivity contribution in [3.05, 3.63) is 46.1 Å². The minimum atomic E-state index is 0.288. The van der Waals surface area contributed by atoms with Gasteiger partial charge in [-0.2, -0.15) is 0 Å². The molecule has 0 aliphatic heterocycles. The van der Waals surface area contributed by atoms with E-state index in [1.807, 2.05) is 25.2 Å². The molecule has 0 saturated heterocycles. The normalized spacial score (nSPS) is 18.4. The summed E-state index contributed by atoms with van der Waals surface area (Å²) in [6.45, 7) is 0. The van der Waals surface area contributed by atoms with Crippen LogP contribution in [0, 0.1) is 0 Å². The number of nitrogens with zero attached hydrogens (tertiary/aromatic N) is 1. The lowest BCUT2D eigenvalue weighted by Gasteiger charge is -2.23. The Labute approximate surface area is 111 Å². The van der Waals surface area contributed by atoms with Gasteiger partial charge in [0.1, 0.15) is 0 Å². The molecule has 0 saturated carbocycles. The van der Waals surface area contributed by atoms with Crippen molar-refractivity contribution in [1.82, 2.24) is 5.16 Å². The molecule has 1 N–H and O–H groups in total. The van der Waals surface area contributed by atoms with Gasteiger partial charge in [-0.3, -0.25) is 0 Å². The third kappa shape index (κ3) is 1.79. The summed E-state index contributed by atoms with van der Waals surface area (Å²) in [6.07, 6.45) is 3.20. The summed E-state index contributed by atoms with van der Waals surface area (Å²) in [6, 6.07) is 8.02. The predicted molar refractivity (Wildman–Crippen MR) is 72.3 cm³/mol. The highest BCUT2D eigenvalue weighted by Crippen LogP contribution is 2.42. The molecule has 1 heterocycles. The van der Waals surface area contributed by atoms with Gasteiger partial charge in [0.25, 0.3) is 0 Å². The summed E-state index contributed by atoms with van der Waals surface area (Å²) < 4.78 is 5.35. The fraction of sp³-hybridized carbons (Fsp3) is 0.357. The molecule has 1 unspecified atom stereocenters. The molecular weight excluding hydrogens is 248 g/mol. The topological polar surface area (TPSA) is 38.1 Å². The van der Waals surface area contributed by atoms with Crippen LogP contribution in [0.1, 0.15) is 35.6 Å². The van der Waals surface area contributed by atoms with Crippen LogP contribution in [0.15, 0.2) is 28.8 Å². The second-order valence-corrected chi connectivity index (χ2v) is 5.00. The van der Waals surface area contributed by atoms with Crippen molar-refractivity contribution in [2.45, 2.75) is 25.2 Å². The lowest BCUT2D eigenvalue weighted by molar-refractivity contribution is 0.424. The summed E-state index contributed by atoms with van der Waals surface area (Å²) in [4.78, 5) is 0. The van der Waals surface area contributed by atoms with Gasteiger partial charge in [-0.05, 0) is 30.9 Å². The number of halogens is 1. The van der Waals surface area contributed by atoms with E-state index in [9.17, 15) is 0 Å². The number of anilines is 1. The van der Waals surface area contributed by atoms with Gasteiger partial charge in [0.2, 0.25) is 5.88 Å². The van der Waals surface area contributed by atoms with E-state index in [0.29, 0.717) is 0 Å². The maximum absolute atomic E-state index is 6.32. The summed E-state index contributed by atoms with van der Waals surface area (Å²) in [5.41, 5.74) is 3.41. The van der Waals surface area contributed by atoms with Crippen LogP contribution in [-0.2, 0) is 6.42 Å². The first kappa shape index (κ1) is 11.6. The Hall–Kier alpha value is -1.48. The van der Waals surface area contributed by atoms with E-state index in [4.69, 9.17) is 16.1 Å². The molecule has 1 aliphatic rings. The SMILES string of the molecule is CNc1onc2c1C(c1ccccc1Cl)CCC2. The zero-order valence-electron chi connectivity index (χ0n) is 10.2. The molecule has 1 aliphatic carbocycles. The van der Waals surface area contributed by atoms with Crippen molar-refractivity contribution in [1.29, 1.82) is 0 Å². The van der Waals surface area contributed by atoms with Crippen molar-refractivity contribution >= 4 is 17.5 Å². The van der Waals surface area contributed by atoms with Crippen molar-refractivity contribution in [3.8, 4) is 0 Å². The Morgan fingerprint density at radius 2 is 2.22 bits per heavy atom. The van der Waals surface area contributed by atoms with Gasteiger partial charge >= 0.3 is 0 Å². The van der Waals surface area contributed by atoms with Crippen molar-refractivity contribution in [2.24, 2.45) is 0 Å². The molecule has 3 nitrogen and oxygen atoms in total. The van der Waals surface area contributed by atoms with E-state index in [2.05, 4.69) is 16.5 Å².